The molecule has 2 aliphatic carbocycles. The monoisotopic (exact) mass is 842 g/mol. The molecule has 2 aliphatic heterocycles. The van der Waals surface area contributed by atoms with E-state index in [1.807, 2.05) is 0 Å². The molecule has 2 saturated heterocycles. The highest BCUT2D eigenvalue weighted by molar-refractivity contribution is 5.29. The van der Waals surface area contributed by atoms with Gasteiger partial charge in [-0.05, 0) is 73.6 Å². The lowest BCUT2D eigenvalue weighted by Crippen LogP contribution is -2.34. The molecule has 4 aliphatic rings. The molecule has 2 heterocycles. The van der Waals surface area contributed by atoms with Crippen LogP contribution in [0.25, 0.3) is 0 Å². The Hall–Kier alpha value is -2.54. The predicted octanol–water partition coefficient (Wildman–Crippen LogP) is 14.4. The van der Waals surface area contributed by atoms with Gasteiger partial charge in [0.05, 0.1) is 26.4 Å². The van der Waals surface area contributed by atoms with Gasteiger partial charge in [-0.2, -0.15) is 0 Å². The second kappa shape index (κ2) is 24.2. The summed E-state index contributed by atoms with van der Waals surface area (Å²) in [5.74, 6) is 3.45. The number of unbranched alkanes of at least 4 members (excludes halogenated alkanes) is 7. The van der Waals surface area contributed by atoms with E-state index in [-0.39, 0.29) is 11.5 Å². The third-order valence-corrected chi connectivity index (χ3v) is 12.9. The summed E-state index contributed by atoms with van der Waals surface area (Å²) in [5, 5.41) is 0. The van der Waals surface area contributed by atoms with Crippen LogP contribution in [-0.2, 0) is 18.9 Å². The average Bonchev–Trinajstić information content (AvgIpc) is 3.23. The van der Waals surface area contributed by atoms with E-state index in [1.54, 1.807) is 24.3 Å². The largest absolute Gasteiger partial charge is 0.573 e. The Bertz CT molecular complexity index is 1400. The highest BCUT2D eigenvalue weighted by atomic mass is 19.4. The molecule has 0 amide bonds. The second-order valence-corrected chi connectivity index (χ2v) is 17.4. The molecule has 59 heavy (non-hydrogen) atoms. The summed E-state index contributed by atoms with van der Waals surface area (Å²) in [7, 11) is 0. The molecule has 0 unspecified atom stereocenters. The molecule has 0 radical (unpaired) electrons. The van der Waals surface area contributed by atoms with E-state index in [2.05, 4.69) is 23.3 Å². The first-order valence-electron chi connectivity index (χ1n) is 22.6. The molecular formula is C47H68F6O6. The highest BCUT2D eigenvalue weighted by Crippen LogP contribution is 2.41. The van der Waals surface area contributed by atoms with E-state index >= 15 is 0 Å². The fourth-order valence-corrected chi connectivity index (χ4v) is 9.41. The van der Waals surface area contributed by atoms with Crippen molar-refractivity contribution in [2.24, 2.45) is 35.5 Å². The van der Waals surface area contributed by atoms with E-state index in [0.29, 0.717) is 55.7 Å². The zero-order chi connectivity index (χ0) is 42.1. The van der Waals surface area contributed by atoms with Crippen LogP contribution in [-0.4, -0.2) is 39.2 Å². The van der Waals surface area contributed by atoms with Crippen molar-refractivity contribution in [1.82, 2.24) is 0 Å². The molecule has 0 bridgehead atoms. The summed E-state index contributed by atoms with van der Waals surface area (Å²) in [5.41, 5.74) is 1.43. The van der Waals surface area contributed by atoms with Crippen LogP contribution in [0.15, 0.2) is 48.5 Å². The van der Waals surface area contributed by atoms with Gasteiger partial charge in [0.2, 0.25) is 0 Å². The molecule has 4 fully saturated rings. The van der Waals surface area contributed by atoms with E-state index in [4.69, 9.17) is 18.9 Å². The Morgan fingerprint density at radius 1 is 0.441 bits per heavy atom. The smallest absolute Gasteiger partial charge is 0.406 e. The molecule has 2 saturated carbocycles. The summed E-state index contributed by atoms with van der Waals surface area (Å²) in [6, 6.07) is 11.4. The van der Waals surface area contributed by atoms with Crippen molar-refractivity contribution in [3.63, 3.8) is 0 Å². The van der Waals surface area contributed by atoms with Crippen LogP contribution in [0.3, 0.4) is 0 Å². The quantitative estimate of drug-likeness (QED) is 0.117. The Balaban J connectivity index is 0.000000224. The lowest BCUT2D eigenvalue weighted by Gasteiger charge is -2.38. The molecule has 2 aromatic carbocycles. The Morgan fingerprint density at radius 2 is 0.763 bits per heavy atom. The van der Waals surface area contributed by atoms with Crippen LogP contribution in [0.5, 0.6) is 11.5 Å². The van der Waals surface area contributed by atoms with Crippen LogP contribution in [0.2, 0.25) is 0 Å². The summed E-state index contributed by atoms with van der Waals surface area (Å²) < 4.78 is 105. The van der Waals surface area contributed by atoms with Crippen LogP contribution < -0.4 is 9.47 Å². The summed E-state index contributed by atoms with van der Waals surface area (Å²) in [6.45, 7) is 7.11. The fraction of sp³-hybridized carbons (Fsp3) is 0.745. The maximum absolute atomic E-state index is 12.3. The van der Waals surface area contributed by atoms with Gasteiger partial charge in [-0.25, -0.2) is 0 Å². The van der Waals surface area contributed by atoms with Crippen molar-refractivity contribution in [2.45, 2.75) is 161 Å². The number of benzene rings is 2. The number of rotatable bonds is 17. The van der Waals surface area contributed by atoms with Crippen LogP contribution in [0, 0.1) is 35.5 Å². The van der Waals surface area contributed by atoms with Gasteiger partial charge in [-0.1, -0.05) is 134 Å². The normalized spacial score (nSPS) is 28.0. The van der Waals surface area contributed by atoms with E-state index in [9.17, 15) is 26.3 Å². The third kappa shape index (κ3) is 17.0. The van der Waals surface area contributed by atoms with Gasteiger partial charge < -0.3 is 28.4 Å². The molecule has 0 N–H and O–H groups in total. The Labute approximate surface area is 348 Å². The first kappa shape index (κ1) is 47.5. The van der Waals surface area contributed by atoms with Crippen LogP contribution in [0.1, 0.15) is 160 Å². The number of halogens is 6. The first-order chi connectivity index (χ1) is 28.4. The van der Waals surface area contributed by atoms with E-state index < -0.39 is 25.3 Å². The molecule has 0 aromatic heterocycles. The number of ether oxygens (including phenoxy) is 6. The Kier molecular flexibility index (Phi) is 19.5. The molecule has 12 heteroatoms. The fourth-order valence-electron chi connectivity index (χ4n) is 9.41. The lowest BCUT2D eigenvalue weighted by atomic mass is 9.74. The number of hydrogen-bond donors (Lipinski definition) is 0. The minimum atomic E-state index is -4.68. The van der Waals surface area contributed by atoms with Gasteiger partial charge in [-0.3, -0.25) is 0 Å². The van der Waals surface area contributed by atoms with Crippen molar-refractivity contribution in [3.8, 4) is 11.5 Å². The molecule has 334 valence electrons. The van der Waals surface area contributed by atoms with Gasteiger partial charge >= 0.3 is 12.7 Å². The summed E-state index contributed by atoms with van der Waals surface area (Å²) >= 11 is 0. The van der Waals surface area contributed by atoms with Crippen LogP contribution >= 0.6 is 0 Å². The lowest BCUT2D eigenvalue weighted by molar-refractivity contribution is -0.275. The van der Waals surface area contributed by atoms with Crippen molar-refractivity contribution < 1.29 is 54.8 Å². The molecular weight excluding hydrogens is 774 g/mol. The van der Waals surface area contributed by atoms with E-state index in [0.717, 1.165) is 17.4 Å². The average molecular weight is 843 g/mol. The zero-order valence-corrected chi connectivity index (χ0v) is 35.2. The zero-order valence-electron chi connectivity index (χ0n) is 35.2. The maximum atomic E-state index is 12.3. The minimum absolute atomic E-state index is 0.234. The molecule has 2 aromatic rings. The van der Waals surface area contributed by atoms with Gasteiger partial charge in [0.1, 0.15) is 11.5 Å². The standard InChI is InChI=1S/C24H35F3O3.C23H33F3O3/c1-2-3-4-5-6-7-18-8-10-19(11-9-18)21-16-28-23(29-17-21)20-12-14-22(15-13-20)30-24(25,26)27;1-2-3-4-5-6-17-7-9-18(10-8-17)20-15-27-22(28-16-20)19-11-13-21(14-12-19)29-23(24,25)26/h12-15,18-19,21,23H,2-11,16-17H2,1H3;11-14,17-18,20,22H,2-10,15-16H2,1H3. The number of hydrogen-bond acceptors (Lipinski definition) is 6. The van der Waals surface area contributed by atoms with Gasteiger partial charge in [0, 0.05) is 23.0 Å². The number of alkyl halides is 6. The molecule has 0 atom stereocenters. The van der Waals surface area contributed by atoms with Gasteiger partial charge in [0.25, 0.3) is 0 Å². The van der Waals surface area contributed by atoms with E-state index in [1.165, 1.54) is 146 Å². The maximum Gasteiger partial charge on any atom is 0.573 e. The Morgan fingerprint density at radius 3 is 1.08 bits per heavy atom. The van der Waals surface area contributed by atoms with Crippen molar-refractivity contribution in [2.75, 3.05) is 26.4 Å². The molecule has 6 rings (SSSR count). The minimum Gasteiger partial charge on any atom is -0.406 e. The van der Waals surface area contributed by atoms with Gasteiger partial charge in [-0.15, -0.1) is 26.3 Å². The molecule has 0 spiro atoms. The molecule has 6 nitrogen and oxygen atoms in total. The predicted molar refractivity (Wildman–Crippen MR) is 216 cm³/mol. The second-order valence-electron chi connectivity index (χ2n) is 17.4. The van der Waals surface area contributed by atoms with Gasteiger partial charge in [0.15, 0.2) is 12.6 Å². The summed E-state index contributed by atoms with van der Waals surface area (Å²) in [6.07, 6.45) is 14.8. The highest BCUT2D eigenvalue weighted by Gasteiger charge is 2.35. The van der Waals surface area contributed by atoms with Crippen LogP contribution in [0.4, 0.5) is 26.3 Å². The first-order valence-corrected chi connectivity index (χ1v) is 22.6. The SMILES string of the molecule is CCCCCCC1CCC(C2COC(c3ccc(OC(F)(F)F)cc3)OC2)CC1.CCCCCCCC1CCC(C2COC(c3ccc(OC(F)(F)F)cc3)OC2)CC1. The van der Waals surface area contributed by atoms with Crippen molar-refractivity contribution >= 4 is 0 Å². The summed E-state index contributed by atoms with van der Waals surface area (Å²) in [4.78, 5) is 0. The third-order valence-electron chi connectivity index (χ3n) is 12.9. The van der Waals surface area contributed by atoms with Crippen molar-refractivity contribution in [1.29, 1.82) is 0 Å². The topological polar surface area (TPSA) is 55.4 Å². The van der Waals surface area contributed by atoms with Crippen molar-refractivity contribution in [3.05, 3.63) is 59.7 Å².